The Balaban J connectivity index is 1.91. The zero-order valence-corrected chi connectivity index (χ0v) is 17.8. The van der Waals surface area contributed by atoms with Crippen molar-refractivity contribution in [3.63, 3.8) is 0 Å². The Bertz CT molecular complexity index is 1230. The van der Waals surface area contributed by atoms with E-state index in [0.717, 1.165) is 10.6 Å². The maximum absolute atomic E-state index is 13.2. The summed E-state index contributed by atoms with van der Waals surface area (Å²) < 4.78 is 26.5. The van der Waals surface area contributed by atoms with E-state index in [1.807, 2.05) is 30.5 Å². The molecule has 146 valence electrons. The van der Waals surface area contributed by atoms with Crippen molar-refractivity contribution in [1.82, 2.24) is 0 Å². The number of sulfone groups is 1. The molecule has 7 heteroatoms. The highest BCUT2D eigenvalue weighted by Crippen LogP contribution is 2.40. The van der Waals surface area contributed by atoms with Gasteiger partial charge in [-0.3, -0.25) is 4.79 Å². The summed E-state index contributed by atoms with van der Waals surface area (Å²) in [6.07, 6.45) is 3.38. The molecular weight excluding hydrogens is 426 g/mol. The molecule has 0 saturated carbocycles. The maximum Gasteiger partial charge on any atom is 0.214 e. The number of allylic oxidation sites excluding steroid dienone is 1. The average molecular weight is 442 g/mol. The zero-order chi connectivity index (χ0) is 20.6. The highest BCUT2D eigenvalue weighted by molar-refractivity contribution is 7.98. The summed E-state index contributed by atoms with van der Waals surface area (Å²) in [6.45, 7) is 0. The predicted molar refractivity (Wildman–Crippen MR) is 118 cm³/mol. The Morgan fingerprint density at radius 3 is 2.41 bits per heavy atom. The van der Waals surface area contributed by atoms with Crippen LogP contribution in [0.5, 0.6) is 0 Å². The number of hydrogen-bond acceptors (Lipinski definition) is 5. The van der Waals surface area contributed by atoms with Crippen molar-refractivity contribution in [3.05, 3.63) is 94.5 Å². The number of Topliss-reactive ketones (excluding diaryl/α,β-unsaturated/α-hetero) is 1. The summed E-state index contributed by atoms with van der Waals surface area (Å²) >= 11 is 7.49. The first-order valence-corrected chi connectivity index (χ1v) is 11.8. The summed E-state index contributed by atoms with van der Waals surface area (Å²) in [7, 11) is -3.97. The minimum absolute atomic E-state index is 0.106. The van der Waals surface area contributed by atoms with Gasteiger partial charge in [-0.25, -0.2) is 8.42 Å². The molecule has 0 bridgehead atoms. The summed E-state index contributed by atoms with van der Waals surface area (Å²) in [5, 5.41) is 0.475. The van der Waals surface area contributed by atoms with Crippen LogP contribution in [-0.4, -0.2) is 20.5 Å². The molecule has 0 atom stereocenters. The zero-order valence-electron chi connectivity index (χ0n) is 15.4. The smallest absolute Gasteiger partial charge is 0.214 e. The summed E-state index contributed by atoms with van der Waals surface area (Å²) in [4.78, 5) is 15.7. The molecule has 0 spiro atoms. The van der Waals surface area contributed by atoms with Crippen LogP contribution < -0.4 is 4.90 Å². The number of anilines is 2. The number of fused-ring (bicyclic) bond motifs is 1. The average Bonchev–Trinajstić information content (AvgIpc) is 2.74. The van der Waals surface area contributed by atoms with Gasteiger partial charge in [-0.15, -0.1) is 11.8 Å². The number of nitrogens with zero attached hydrogens (tertiary/aromatic N) is 1. The first-order valence-electron chi connectivity index (χ1n) is 8.71. The van der Waals surface area contributed by atoms with Gasteiger partial charge in [-0.2, -0.15) is 0 Å². The first kappa shape index (κ1) is 19.8. The normalized spacial score (nSPS) is 14.8. The number of para-hydroxylation sites is 1. The molecule has 3 aromatic carbocycles. The van der Waals surface area contributed by atoms with Crippen molar-refractivity contribution in [2.75, 3.05) is 11.2 Å². The van der Waals surface area contributed by atoms with Crippen LogP contribution in [0.4, 0.5) is 11.4 Å². The molecule has 0 fully saturated rings. The van der Waals surface area contributed by atoms with Gasteiger partial charge < -0.3 is 4.90 Å². The van der Waals surface area contributed by atoms with E-state index in [0.29, 0.717) is 10.7 Å². The number of hydrogen-bond donors (Lipinski definition) is 0. The fourth-order valence-corrected chi connectivity index (χ4v) is 5.28. The Morgan fingerprint density at radius 1 is 0.966 bits per heavy atom. The van der Waals surface area contributed by atoms with Crippen LogP contribution in [0.2, 0.25) is 5.02 Å². The molecule has 0 unspecified atom stereocenters. The number of rotatable bonds is 4. The van der Waals surface area contributed by atoms with E-state index < -0.39 is 15.6 Å². The van der Waals surface area contributed by atoms with Gasteiger partial charge in [0, 0.05) is 27.4 Å². The summed E-state index contributed by atoms with van der Waals surface area (Å²) in [5.74, 6) is -0.567. The van der Waals surface area contributed by atoms with Gasteiger partial charge in [0.2, 0.25) is 15.6 Å². The van der Waals surface area contributed by atoms with Crippen molar-refractivity contribution >= 4 is 50.4 Å². The van der Waals surface area contributed by atoms with Gasteiger partial charge in [0.1, 0.15) is 4.91 Å². The standard InChI is InChI=1S/C22H16ClNO3S2/c1-28-18-6-4-5-17(13-18)24-14-21(22(25)15-9-11-16(23)12-10-15)29(26,27)20-8-3-2-7-19(20)24/h2-14H,1H3. The Kier molecular flexibility index (Phi) is 5.25. The van der Waals surface area contributed by atoms with Gasteiger partial charge in [0.25, 0.3) is 0 Å². The molecule has 1 heterocycles. The Morgan fingerprint density at radius 2 is 1.69 bits per heavy atom. The lowest BCUT2D eigenvalue weighted by Gasteiger charge is -2.29. The number of benzene rings is 3. The lowest BCUT2D eigenvalue weighted by Crippen LogP contribution is -2.25. The second kappa shape index (κ2) is 7.71. The minimum atomic E-state index is -3.97. The number of thioether (sulfide) groups is 1. The molecule has 29 heavy (non-hydrogen) atoms. The molecule has 0 amide bonds. The molecule has 0 aromatic heterocycles. The molecule has 0 aliphatic carbocycles. The molecule has 1 aliphatic heterocycles. The molecule has 0 saturated heterocycles. The van der Waals surface area contributed by atoms with Crippen molar-refractivity contribution in [3.8, 4) is 0 Å². The van der Waals surface area contributed by atoms with Crippen LogP contribution in [0.15, 0.2) is 93.7 Å². The molecule has 4 nitrogen and oxygen atoms in total. The third-order valence-electron chi connectivity index (χ3n) is 4.61. The highest BCUT2D eigenvalue weighted by Gasteiger charge is 2.36. The Labute approximate surface area is 178 Å². The summed E-state index contributed by atoms with van der Waals surface area (Å²) in [5.41, 5.74) is 1.56. The molecule has 4 rings (SSSR count). The second-order valence-corrected chi connectivity index (χ2v) is 9.57. The first-order chi connectivity index (χ1) is 13.9. The number of halogens is 1. The van der Waals surface area contributed by atoms with E-state index in [9.17, 15) is 13.2 Å². The van der Waals surface area contributed by atoms with Crippen molar-refractivity contribution in [1.29, 1.82) is 0 Å². The Hall–Kier alpha value is -2.54. The maximum atomic E-state index is 13.2. The SMILES string of the molecule is CSc1cccc(N2C=C(C(=O)c3ccc(Cl)cc3)S(=O)(=O)c3ccccc32)c1. The van der Waals surface area contributed by atoms with Crippen molar-refractivity contribution in [2.45, 2.75) is 9.79 Å². The third-order valence-corrected chi connectivity index (χ3v) is 7.38. The molecular formula is C22H16ClNO3S2. The number of carbonyl (C=O) groups excluding carboxylic acids is 1. The minimum Gasteiger partial charge on any atom is -0.314 e. The fraction of sp³-hybridized carbons (Fsp3) is 0.0455. The lowest BCUT2D eigenvalue weighted by molar-refractivity contribution is 0.104. The van der Waals surface area contributed by atoms with E-state index in [2.05, 4.69) is 0 Å². The van der Waals surface area contributed by atoms with Gasteiger partial charge in [0.05, 0.1) is 10.6 Å². The fourth-order valence-electron chi connectivity index (χ4n) is 3.16. The van der Waals surface area contributed by atoms with Gasteiger partial charge in [0.15, 0.2) is 0 Å². The van der Waals surface area contributed by atoms with Crippen LogP contribution in [0.3, 0.4) is 0 Å². The van der Waals surface area contributed by atoms with Crippen LogP contribution in [0, 0.1) is 0 Å². The number of ketones is 1. The quantitative estimate of drug-likeness (QED) is 0.383. The van der Waals surface area contributed by atoms with Crippen LogP contribution >= 0.6 is 23.4 Å². The number of carbonyl (C=O) groups is 1. The lowest BCUT2D eigenvalue weighted by atomic mass is 10.1. The topological polar surface area (TPSA) is 54.5 Å². The van der Waals surface area contributed by atoms with E-state index in [1.54, 1.807) is 47.0 Å². The van der Waals surface area contributed by atoms with Crippen molar-refractivity contribution in [2.24, 2.45) is 0 Å². The van der Waals surface area contributed by atoms with E-state index >= 15 is 0 Å². The van der Waals surface area contributed by atoms with Crippen LogP contribution in [0.1, 0.15) is 10.4 Å². The van der Waals surface area contributed by atoms with Gasteiger partial charge >= 0.3 is 0 Å². The van der Waals surface area contributed by atoms with Gasteiger partial charge in [-0.05, 0) is 60.9 Å². The highest BCUT2D eigenvalue weighted by atomic mass is 35.5. The van der Waals surface area contributed by atoms with Crippen LogP contribution in [-0.2, 0) is 9.84 Å². The molecule has 0 N–H and O–H groups in total. The third kappa shape index (κ3) is 3.59. The summed E-state index contributed by atoms with van der Waals surface area (Å²) in [6, 6.07) is 20.6. The largest absolute Gasteiger partial charge is 0.314 e. The predicted octanol–water partition coefficient (Wildman–Crippen LogP) is 5.71. The monoisotopic (exact) mass is 441 g/mol. The van der Waals surface area contributed by atoms with E-state index in [1.165, 1.54) is 24.4 Å². The molecule has 3 aromatic rings. The van der Waals surface area contributed by atoms with E-state index in [4.69, 9.17) is 11.6 Å². The van der Waals surface area contributed by atoms with Crippen LogP contribution in [0.25, 0.3) is 0 Å². The molecule has 1 aliphatic rings. The van der Waals surface area contributed by atoms with Crippen molar-refractivity contribution < 1.29 is 13.2 Å². The second-order valence-electron chi connectivity index (χ2n) is 6.37. The van der Waals surface area contributed by atoms with Gasteiger partial charge in [-0.1, -0.05) is 29.8 Å². The van der Waals surface area contributed by atoms with E-state index in [-0.39, 0.29) is 15.4 Å². The molecule has 0 radical (unpaired) electrons.